The summed E-state index contributed by atoms with van der Waals surface area (Å²) in [6.45, 7) is 2.06. The van der Waals surface area contributed by atoms with Crippen molar-refractivity contribution in [3.05, 3.63) is 66.6 Å². The molecule has 4 rings (SSSR count). The monoisotopic (exact) mass is 349 g/mol. The van der Waals surface area contributed by atoms with Gasteiger partial charge in [-0.25, -0.2) is 4.98 Å². The minimum Gasteiger partial charge on any atom is -0.485 e. The van der Waals surface area contributed by atoms with Gasteiger partial charge in [0.1, 0.15) is 12.4 Å². The van der Waals surface area contributed by atoms with Crippen LogP contribution in [0.3, 0.4) is 0 Å². The Kier molecular flexibility index (Phi) is 4.31. The number of aromatic nitrogens is 2. The van der Waals surface area contributed by atoms with Crippen molar-refractivity contribution in [1.29, 1.82) is 0 Å². The fourth-order valence-corrected chi connectivity index (χ4v) is 2.84. The molecule has 0 radical (unpaired) electrons. The summed E-state index contributed by atoms with van der Waals surface area (Å²) in [7, 11) is 0. The molecule has 2 atom stereocenters. The minimum atomic E-state index is -0.684. The van der Waals surface area contributed by atoms with E-state index < -0.39 is 6.10 Å². The molecule has 1 amide bonds. The lowest BCUT2D eigenvalue weighted by Crippen LogP contribution is -2.44. The number of amides is 1. The Morgan fingerprint density at radius 3 is 2.69 bits per heavy atom. The maximum Gasteiger partial charge on any atom is 0.265 e. The first-order chi connectivity index (χ1) is 12.7. The van der Waals surface area contributed by atoms with E-state index in [9.17, 15) is 4.79 Å². The van der Waals surface area contributed by atoms with Gasteiger partial charge in [-0.3, -0.25) is 4.79 Å². The first-order valence-electron chi connectivity index (χ1n) is 8.50. The number of imidazole rings is 1. The highest BCUT2D eigenvalue weighted by molar-refractivity contribution is 5.82. The van der Waals surface area contributed by atoms with E-state index in [0.29, 0.717) is 17.3 Å². The van der Waals surface area contributed by atoms with Crippen LogP contribution in [-0.4, -0.2) is 28.6 Å². The quantitative estimate of drug-likeness (QED) is 0.759. The van der Waals surface area contributed by atoms with Gasteiger partial charge in [-0.2, -0.15) is 0 Å². The fraction of sp³-hybridized carbons (Fsp3) is 0.200. The van der Waals surface area contributed by atoms with Crippen molar-refractivity contribution in [2.75, 3.05) is 6.61 Å². The number of para-hydroxylation sites is 2. The number of fused-ring (bicyclic) bond motifs is 1. The standard InChI is InChI=1S/C20H19N3O3/c1-13(19-21-11-15(23-19)14-7-3-2-4-8-14)22-20(24)18-12-25-16-9-5-6-10-17(16)26-18/h2-11,13,18H,12H2,1H3,(H,21,23)(H,22,24)/t13-,18-/m0/s1. The van der Waals surface area contributed by atoms with Crippen molar-refractivity contribution < 1.29 is 14.3 Å². The zero-order valence-corrected chi connectivity index (χ0v) is 14.3. The molecule has 0 aliphatic carbocycles. The van der Waals surface area contributed by atoms with Gasteiger partial charge in [0, 0.05) is 0 Å². The van der Waals surface area contributed by atoms with Crippen LogP contribution in [0.5, 0.6) is 11.5 Å². The van der Waals surface area contributed by atoms with Gasteiger partial charge in [0.2, 0.25) is 6.10 Å². The van der Waals surface area contributed by atoms with Gasteiger partial charge in [-0.05, 0) is 24.6 Å². The third kappa shape index (κ3) is 3.26. The van der Waals surface area contributed by atoms with Crippen molar-refractivity contribution in [3.63, 3.8) is 0 Å². The van der Waals surface area contributed by atoms with E-state index in [4.69, 9.17) is 9.47 Å². The Bertz CT molecular complexity index is 907. The molecule has 0 fully saturated rings. The molecule has 0 saturated heterocycles. The van der Waals surface area contributed by atoms with Crippen LogP contribution in [0, 0.1) is 0 Å². The lowest BCUT2D eigenvalue weighted by molar-refractivity contribution is -0.131. The Morgan fingerprint density at radius 2 is 1.88 bits per heavy atom. The summed E-state index contributed by atoms with van der Waals surface area (Å²) in [6, 6.07) is 17.0. The van der Waals surface area contributed by atoms with E-state index in [-0.39, 0.29) is 18.6 Å². The number of carbonyl (C=O) groups excluding carboxylic acids is 1. The Labute approximate surface area is 151 Å². The molecule has 1 aliphatic heterocycles. The molecule has 2 heterocycles. The normalized spacial score (nSPS) is 16.7. The first kappa shape index (κ1) is 16.2. The molecule has 0 spiro atoms. The molecule has 0 saturated carbocycles. The predicted molar refractivity (Wildman–Crippen MR) is 96.9 cm³/mol. The summed E-state index contributed by atoms with van der Waals surface area (Å²) in [5, 5.41) is 2.92. The Balaban J connectivity index is 1.41. The van der Waals surface area contributed by atoms with Crippen LogP contribution in [0.25, 0.3) is 11.3 Å². The van der Waals surface area contributed by atoms with Crippen molar-refractivity contribution in [1.82, 2.24) is 15.3 Å². The number of benzene rings is 2. The molecular weight excluding hydrogens is 330 g/mol. The number of ether oxygens (including phenoxy) is 2. The lowest BCUT2D eigenvalue weighted by atomic mass is 10.2. The maximum absolute atomic E-state index is 12.5. The van der Waals surface area contributed by atoms with Crippen molar-refractivity contribution in [3.8, 4) is 22.8 Å². The summed E-state index contributed by atoms with van der Waals surface area (Å²) in [4.78, 5) is 20.2. The molecule has 132 valence electrons. The second-order valence-electron chi connectivity index (χ2n) is 6.14. The summed E-state index contributed by atoms with van der Waals surface area (Å²) in [5.74, 6) is 1.69. The molecule has 0 bridgehead atoms. The second kappa shape index (κ2) is 6.92. The van der Waals surface area contributed by atoms with Gasteiger partial charge in [-0.1, -0.05) is 42.5 Å². The van der Waals surface area contributed by atoms with E-state index in [0.717, 1.165) is 11.3 Å². The first-order valence-corrected chi connectivity index (χ1v) is 8.50. The van der Waals surface area contributed by atoms with Crippen LogP contribution in [0.4, 0.5) is 0 Å². The topological polar surface area (TPSA) is 76.2 Å². The number of aromatic amines is 1. The number of rotatable bonds is 4. The molecule has 26 heavy (non-hydrogen) atoms. The molecule has 3 aromatic rings. The molecule has 1 aromatic heterocycles. The zero-order chi connectivity index (χ0) is 17.9. The third-order valence-corrected chi connectivity index (χ3v) is 4.25. The number of H-pyrrole nitrogens is 1. The van der Waals surface area contributed by atoms with E-state index >= 15 is 0 Å². The van der Waals surface area contributed by atoms with Crippen LogP contribution in [0.2, 0.25) is 0 Å². The smallest absolute Gasteiger partial charge is 0.265 e. The zero-order valence-electron chi connectivity index (χ0n) is 14.3. The largest absolute Gasteiger partial charge is 0.485 e. The highest BCUT2D eigenvalue weighted by Crippen LogP contribution is 2.31. The lowest BCUT2D eigenvalue weighted by Gasteiger charge is -2.26. The average molecular weight is 349 g/mol. The Morgan fingerprint density at radius 1 is 1.15 bits per heavy atom. The highest BCUT2D eigenvalue weighted by atomic mass is 16.6. The molecule has 0 unspecified atom stereocenters. The van der Waals surface area contributed by atoms with Gasteiger partial charge >= 0.3 is 0 Å². The molecular formula is C20H19N3O3. The van der Waals surface area contributed by atoms with E-state index in [1.807, 2.05) is 55.5 Å². The van der Waals surface area contributed by atoms with Gasteiger partial charge < -0.3 is 19.8 Å². The van der Waals surface area contributed by atoms with Gasteiger partial charge in [0.05, 0.1) is 17.9 Å². The number of nitrogens with one attached hydrogen (secondary N) is 2. The van der Waals surface area contributed by atoms with E-state index in [1.165, 1.54) is 0 Å². The van der Waals surface area contributed by atoms with Crippen LogP contribution in [0.15, 0.2) is 60.8 Å². The maximum atomic E-state index is 12.5. The summed E-state index contributed by atoms with van der Waals surface area (Å²) < 4.78 is 11.3. The van der Waals surface area contributed by atoms with Crippen molar-refractivity contribution in [2.24, 2.45) is 0 Å². The number of carbonyl (C=O) groups is 1. The average Bonchev–Trinajstić information content (AvgIpc) is 3.18. The van der Waals surface area contributed by atoms with Crippen LogP contribution in [0.1, 0.15) is 18.8 Å². The highest BCUT2D eigenvalue weighted by Gasteiger charge is 2.28. The van der Waals surface area contributed by atoms with Crippen LogP contribution < -0.4 is 14.8 Å². The molecule has 2 N–H and O–H groups in total. The predicted octanol–water partition coefficient (Wildman–Crippen LogP) is 3.09. The molecule has 2 aromatic carbocycles. The third-order valence-electron chi connectivity index (χ3n) is 4.25. The molecule has 1 aliphatic rings. The number of nitrogens with zero attached hydrogens (tertiary/aromatic N) is 1. The fourth-order valence-electron chi connectivity index (χ4n) is 2.84. The van der Waals surface area contributed by atoms with E-state index in [1.54, 1.807) is 12.3 Å². The molecule has 6 nitrogen and oxygen atoms in total. The SMILES string of the molecule is C[C@H](NC(=O)[C@@H]1COc2ccccc2O1)c1ncc(-c2ccccc2)[nH]1. The number of hydrogen-bond acceptors (Lipinski definition) is 4. The summed E-state index contributed by atoms with van der Waals surface area (Å²) in [6.07, 6.45) is 1.08. The van der Waals surface area contributed by atoms with E-state index in [2.05, 4.69) is 15.3 Å². The summed E-state index contributed by atoms with van der Waals surface area (Å²) in [5.41, 5.74) is 1.96. The van der Waals surface area contributed by atoms with Crippen LogP contribution in [-0.2, 0) is 4.79 Å². The van der Waals surface area contributed by atoms with Gasteiger partial charge in [-0.15, -0.1) is 0 Å². The Hall–Kier alpha value is -3.28. The van der Waals surface area contributed by atoms with Gasteiger partial charge in [0.15, 0.2) is 11.5 Å². The number of hydrogen-bond donors (Lipinski definition) is 2. The van der Waals surface area contributed by atoms with Crippen LogP contribution >= 0.6 is 0 Å². The summed E-state index contributed by atoms with van der Waals surface area (Å²) >= 11 is 0. The van der Waals surface area contributed by atoms with Gasteiger partial charge in [0.25, 0.3) is 5.91 Å². The van der Waals surface area contributed by atoms with Crippen molar-refractivity contribution in [2.45, 2.75) is 19.1 Å². The minimum absolute atomic E-state index is 0.184. The van der Waals surface area contributed by atoms with Crippen molar-refractivity contribution >= 4 is 5.91 Å². The second-order valence-corrected chi connectivity index (χ2v) is 6.14. The molecule has 6 heteroatoms.